The van der Waals surface area contributed by atoms with Crippen LogP contribution in [-0.4, -0.2) is 31.1 Å². The van der Waals surface area contributed by atoms with Crippen molar-refractivity contribution in [2.75, 3.05) is 17.2 Å². The summed E-state index contributed by atoms with van der Waals surface area (Å²) in [7, 11) is -4.31. The van der Waals surface area contributed by atoms with E-state index >= 15 is 0 Å². The van der Waals surface area contributed by atoms with E-state index in [1.807, 2.05) is 77.8 Å². The molecule has 190 valence electrons. The molecule has 0 radical (unpaired) electrons. The van der Waals surface area contributed by atoms with Crippen LogP contribution in [0.3, 0.4) is 0 Å². The van der Waals surface area contributed by atoms with E-state index in [-0.39, 0.29) is 59.0 Å². The van der Waals surface area contributed by atoms with Crippen molar-refractivity contribution in [3.8, 4) is 12.1 Å². The van der Waals surface area contributed by atoms with Crippen LogP contribution in [0.1, 0.15) is 25.8 Å². The molecule has 1 aliphatic heterocycles. The minimum atomic E-state index is -4.31. The van der Waals surface area contributed by atoms with Gasteiger partial charge in [-0.05, 0) is 30.0 Å². The molecule has 0 spiro atoms. The molecule has 1 fully saturated rings. The van der Waals surface area contributed by atoms with Crippen molar-refractivity contribution < 1.29 is 47.3 Å². The van der Waals surface area contributed by atoms with Gasteiger partial charge in [-0.2, -0.15) is 10.5 Å². The summed E-state index contributed by atoms with van der Waals surface area (Å²) in [5.41, 5.74) is 3.10. The standard InChI is InChI=1S/C29H29N3O4S.Na/c1-29(2)24-13-6-7-14-25(24)32(16-9-17-37(34,35)36)26(29)15-8-5-12-23-27(20(18-30)19-31)21-10-3-4-11-22(21)28(23)33;/h3-8,10-15,20-22,27H,9,16-17H2,1-2H3,(H,34,35,36);/q;+1/p-1/b8-5+,23-12+,26-15-;. The Labute approximate surface area is 246 Å². The van der Waals surface area contributed by atoms with Crippen molar-refractivity contribution in [3.63, 3.8) is 0 Å². The van der Waals surface area contributed by atoms with Crippen LogP contribution in [0.5, 0.6) is 0 Å². The number of rotatable bonds is 7. The molecular formula is C29H28N3NaO4S. The van der Waals surface area contributed by atoms with Gasteiger partial charge in [-0.1, -0.05) is 74.6 Å². The average molecular weight is 538 g/mol. The largest absolute Gasteiger partial charge is 1.00 e. The molecule has 7 nitrogen and oxygen atoms in total. The zero-order valence-corrected chi connectivity index (χ0v) is 24.6. The first-order valence-electron chi connectivity index (χ1n) is 12.2. The van der Waals surface area contributed by atoms with Crippen molar-refractivity contribution in [3.05, 3.63) is 89.7 Å². The molecule has 3 aliphatic rings. The number of ketones is 1. The molecule has 0 saturated heterocycles. The van der Waals surface area contributed by atoms with E-state index in [4.69, 9.17) is 0 Å². The van der Waals surface area contributed by atoms with Gasteiger partial charge in [0, 0.05) is 46.5 Å². The van der Waals surface area contributed by atoms with Gasteiger partial charge in [0.25, 0.3) is 0 Å². The van der Waals surface area contributed by atoms with Gasteiger partial charge in [-0.25, -0.2) is 8.42 Å². The molecule has 1 saturated carbocycles. The van der Waals surface area contributed by atoms with Crippen molar-refractivity contribution in [1.29, 1.82) is 10.5 Å². The third-order valence-electron chi connectivity index (χ3n) is 7.39. The minimum absolute atomic E-state index is 0. The van der Waals surface area contributed by atoms with Gasteiger partial charge in [-0.15, -0.1) is 0 Å². The number of hydrogen-bond donors (Lipinski definition) is 0. The second-order valence-electron chi connectivity index (χ2n) is 9.97. The van der Waals surface area contributed by atoms with Crippen molar-refractivity contribution in [2.45, 2.75) is 25.7 Å². The Kier molecular flexibility index (Phi) is 9.41. The Morgan fingerprint density at radius 1 is 1.11 bits per heavy atom. The summed E-state index contributed by atoms with van der Waals surface area (Å²) >= 11 is 0. The predicted molar refractivity (Wildman–Crippen MR) is 140 cm³/mol. The van der Waals surface area contributed by atoms with E-state index in [9.17, 15) is 28.3 Å². The molecule has 3 unspecified atom stereocenters. The molecule has 0 amide bonds. The number of nitriles is 2. The van der Waals surface area contributed by atoms with Crippen molar-refractivity contribution in [2.24, 2.45) is 23.7 Å². The quantitative estimate of drug-likeness (QED) is 0.292. The third-order valence-corrected chi connectivity index (χ3v) is 8.18. The van der Waals surface area contributed by atoms with Gasteiger partial charge in [0.1, 0.15) is 5.92 Å². The maximum absolute atomic E-state index is 13.1. The summed E-state index contributed by atoms with van der Waals surface area (Å²) in [4.78, 5) is 15.2. The second-order valence-corrected chi connectivity index (χ2v) is 11.5. The second kappa shape index (κ2) is 12.0. The van der Waals surface area contributed by atoms with Crippen LogP contribution < -0.4 is 34.5 Å². The number of nitrogens with zero attached hydrogens (tertiary/aromatic N) is 3. The first-order chi connectivity index (χ1) is 17.6. The van der Waals surface area contributed by atoms with E-state index in [0.29, 0.717) is 12.1 Å². The molecule has 4 rings (SSSR count). The summed E-state index contributed by atoms with van der Waals surface area (Å²) < 4.78 is 33.5. The van der Waals surface area contributed by atoms with Crippen LogP contribution in [0.2, 0.25) is 0 Å². The smallest absolute Gasteiger partial charge is 0.748 e. The monoisotopic (exact) mass is 537 g/mol. The van der Waals surface area contributed by atoms with Crippen LogP contribution in [0.4, 0.5) is 5.69 Å². The van der Waals surface area contributed by atoms with Gasteiger partial charge in [0.2, 0.25) is 0 Å². The maximum atomic E-state index is 13.1. The molecular weight excluding hydrogens is 509 g/mol. The molecule has 1 aromatic carbocycles. The molecule has 3 atom stereocenters. The first-order valence-corrected chi connectivity index (χ1v) is 13.8. The maximum Gasteiger partial charge on any atom is 1.00 e. The number of carbonyl (C=O) groups excluding carboxylic acids is 1. The van der Waals surface area contributed by atoms with Crippen LogP contribution in [0.25, 0.3) is 0 Å². The number of allylic oxidation sites excluding steroid dienone is 10. The fourth-order valence-electron chi connectivity index (χ4n) is 5.67. The van der Waals surface area contributed by atoms with Crippen LogP contribution >= 0.6 is 0 Å². The Hall–Kier alpha value is -2.72. The third kappa shape index (κ3) is 5.81. The SMILES string of the molecule is CC1(C)/C(=C/C=C/C=C2/C(=O)C3C=CC=CC3C2C(C#N)C#N)N(CCCS(=O)(=O)[O-])c2ccccc21.[Na+]. The van der Waals surface area contributed by atoms with E-state index in [1.165, 1.54) is 0 Å². The van der Waals surface area contributed by atoms with E-state index in [0.717, 1.165) is 16.9 Å². The first kappa shape index (κ1) is 29.8. The molecule has 1 aromatic rings. The zero-order valence-electron chi connectivity index (χ0n) is 21.7. The van der Waals surface area contributed by atoms with Crippen LogP contribution in [-0.2, 0) is 20.3 Å². The fourth-order valence-corrected chi connectivity index (χ4v) is 6.15. The molecule has 2 aliphatic carbocycles. The van der Waals surface area contributed by atoms with E-state index < -0.39 is 27.7 Å². The van der Waals surface area contributed by atoms with Gasteiger partial charge in [0.15, 0.2) is 5.78 Å². The topological polar surface area (TPSA) is 125 Å². The molecule has 1 heterocycles. The zero-order chi connectivity index (χ0) is 26.8. The summed E-state index contributed by atoms with van der Waals surface area (Å²) in [5.74, 6) is -2.51. The number of carbonyl (C=O) groups is 1. The fraction of sp³-hybridized carbons (Fsp3) is 0.345. The molecule has 0 bridgehead atoms. The number of para-hydroxylation sites is 1. The Bertz CT molecular complexity index is 1430. The predicted octanol–water partition coefficient (Wildman–Crippen LogP) is 1.31. The van der Waals surface area contributed by atoms with Gasteiger partial charge < -0.3 is 9.45 Å². The van der Waals surface area contributed by atoms with Crippen LogP contribution in [0.15, 0.2) is 84.1 Å². The molecule has 9 heteroatoms. The number of benzene rings is 1. The number of Topliss-reactive ketones (excluding diaryl/α,β-unsaturated/α-hetero) is 1. The summed E-state index contributed by atoms with van der Waals surface area (Å²) in [6.45, 7) is 4.54. The summed E-state index contributed by atoms with van der Waals surface area (Å²) in [6.07, 6.45) is 14.8. The number of anilines is 1. The number of fused-ring (bicyclic) bond motifs is 2. The molecule has 0 aromatic heterocycles. The van der Waals surface area contributed by atoms with E-state index in [2.05, 4.69) is 13.8 Å². The summed E-state index contributed by atoms with van der Waals surface area (Å²) in [5, 5.41) is 19.1. The van der Waals surface area contributed by atoms with Crippen LogP contribution in [0, 0.1) is 46.3 Å². The summed E-state index contributed by atoms with van der Waals surface area (Å²) in [6, 6.07) is 12.0. The normalized spacial score (nSPS) is 25.5. The average Bonchev–Trinajstić information content (AvgIpc) is 3.25. The molecule has 0 N–H and O–H groups in total. The van der Waals surface area contributed by atoms with Gasteiger partial charge in [0.05, 0.1) is 22.3 Å². The van der Waals surface area contributed by atoms with Crippen molar-refractivity contribution >= 4 is 21.6 Å². The Balaban J connectivity index is 0.00000400. The number of hydrogen-bond acceptors (Lipinski definition) is 7. The Morgan fingerprint density at radius 3 is 2.45 bits per heavy atom. The van der Waals surface area contributed by atoms with E-state index in [1.54, 1.807) is 12.2 Å². The minimum Gasteiger partial charge on any atom is -0.748 e. The van der Waals surface area contributed by atoms with Crippen molar-refractivity contribution in [1.82, 2.24) is 0 Å². The van der Waals surface area contributed by atoms with Gasteiger partial charge >= 0.3 is 29.6 Å². The molecule has 38 heavy (non-hydrogen) atoms. The Morgan fingerprint density at radius 2 is 1.76 bits per heavy atom. The van der Waals surface area contributed by atoms with Gasteiger partial charge in [-0.3, -0.25) is 4.79 Å².